The van der Waals surface area contributed by atoms with Crippen molar-refractivity contribution in [1.29, 1.82) is 0 Å². The standard InChI is InChI=1S/C24H13N3O8/c28-20-13-17(14-7-3-1-4-8-14)24(29)21(15-9-5-2-6-10-15)23(20)22-18(26(32)33)11-16(25(30)31)12-19(22)27(34)35/h1-13H. The van der Waals surface area contributed by atoms with Gasteiger partial charge in [-0.2, -0.15) is 0 Å². The summed E-state index contributed by atoms with van der Waals surface area (Å²) in [7, 11) is 0. The van der Waals surface area contributed by atoms with Crippen LogP contribution in [0, 0.1) is 30.3 Å². The number of nitrogens with zero attached hydrogens (tertiary/aromatic N) is 3. The van der Waals surface area contributed by atoms with Gasteiger partial charge in [-0.05, 0) is 17.2 Å². The van der Waals surface area contributed by atoms with Crippen LogP contribution in [0.4, 0.5) is 17.1 Å². The van der Waals surface area contributed by atoms with Crippen LogP contribution in [-0.2, 0) is 9.59 Å². The molecule has 11 nitrogen and oxygen atoms in total. The van der Waals surface area contributed by atoms with Crippen LogP contribution in [0.3, 0.4) is 0 Å². The number of rotatable bonds is 6. The Labute approximate surface area is 196 Å². The Kier molecular flexibility index (Phi) is 5.81. The summed E-state index contributed by atoms with van der Waals surface area (Å²) in [5.74, 6) is -1.57. The van der Waals surface area contributed by atoms with E-state index in [2.05, 4.69) is 0 Å². The molecule has 0 aromatic heterocycles. The van der Waals surface area contributed by atoms with E-state index in [9.17, 15) is 39.9 Å². The Morgan fingerprint density at radius 3 is 1.54 bits per heavy atom. The molecule has 0 bridgehead atoms. The Balaban J connectivity index is 2.12. The van der Waals surface area contributed by atoms with Gasteiger partial charge in [-0.15, -0.1) is 0 Å². The maximum absolute atomic E-state index is 13.7. The number of nitro benzene ring substituents is 3. The minimum atomic E-state index is -1.06. The van der Waals surface area contributed by atoms with E-state index in [4.69, 9.17) is 0 Å². The SMILES string of the molecule is O=C1C=C(c2ccccc2)C(=O)C(c2ccccc2)=C1c1c([N+](=O)[O-])cc([N+](=O)[O-])cc1[N+](=O)[O-]. The third-order valence-electron chi connectivity index (χ3n) is 5.33. The van der Waals surface area contributed by atoms with Gasteiger partial charge in [0.25, 0.3) is 17.1 Å². The quantitative estimate of drug-likeness (QED) is 0.287. The van der Waals surface area contributed by atoms with E-state index < -0.39 is 54.5 Å². The molecule has 0 fully saturated rings. The molecule has 1 aliphatic carbocycles. The number of nitro groups is 3. The maximum Gasteiger partial charge on any atom is 0.291 e. The highest BCUT2D eigenvalue weighted by atomic mass is 16.6. The largest absolute Gasteiger partial charge is 0.291 e. The third kappa shape index (κ3) is 4.09. The molecular weight excluding hydrogens is 458 g/mol. The number of non-ortho nitro benzene ring substituents is 1. The van der Waals surface area contributed by atoms with Crippen LogP contribution >= 0.6 is 0 Å². The molecule has 3 aromatic rings. The zero-order valence-electron chi connectivity index (χ0n) is 17.6. The van der Waals surface area contributed by atoms with Gasteiger partial charge in [-0.25, -0.2) is 0 Å². The fraction of sp³-hybridized carbons (Fsp3) is 0. The summed E-state index contributed by atoms with van der Waals surface area (Å²) < 4.78 is 0. The second-order valence-corrected chi connectivity index (χ2v) is 7.36. The van der Waals surface area contributed by atoms with Gasteiger partial charge in [0.2, 0.25) is 0 Å². The Hall–Kier alpha value is -5.32. The molecule has 0 atom stereocenters. The zero-order chi connectivity index (χ0) is 25.3. The van der Waals surface area contributed by atoms with Crippen molar-refractivity contribution in [2.24, 2.45) is 0 Å². The van der Waals surface area contributed by atoms with Crippen LogP contribution in [0.2, 0.25) is 0 Å². The van der Waals surface area contributed by atoms with Gasteiger partial charge in [0.15, 0.2) is 11.6 Å². The average molecular weight is 471 g/mol. The molecule has 0 N–H and O–H groups in total. The number of carbonyl (C=O) groups excluding carboxylic acids is 2. The first kappa shape index (κ1) is 22.9. The van der Waals surface area contributed by atoms with Gasteiger partial charge >= 0.3 is 0 Å². The van der Waals surface area contributed by atoms with Crippen molar-refractivity contribution in [3.63, 3.8) is 0 Å². The summed E-state index contributed by atoms with van der Waals surface area (Å²) in [6, 6.07) is 17.0. The van der Waals surface area contributed by atoms with Crippen LogP contribution in [0.15, 0.2) is 78.9 Å². The van der Waals surface area contributed by atoms with Gasteiger partial charge in [-0.3, -0.25) is 39.9 Å². The fourth-order valence-corrected chi connectivity index (χ4v) is 3.85. The number of hydrogen-bond acceptors (Lipinski definition) is 8. The van der Waals surface area contributed by atoms with Crippen LogP contribution in [0.25, 0.3) is 16.7 Å². The highest BCUT2D eigenvalue weighted by molar-refractivity contribution is 6.58. The van der Waals surface area contributed by atoms with Crippen LogP contribution in [0.5, 0.6) is 0 Å². The van der Waals surface area contributed by atoms with Gasteiger partial charge in [0.05, 0.1) is 32.5 Å². The second-order valence-electron chi connectivity index (χ2n) is 7.36. The monoisotopic (exact) mass is 471 g/mol. The first-order valence-electron chi connectivity index (χ1n) is 9.98. The van der Waals surface area contributed by atoms with Crippen molar-refractivity contribution in [3.05, 3.63) is 126 Å². The molecule has 4 rings (SSSR count). The third-order valence-corrected chi connectivity index (χ3v) is 5.33. The Morgan fingerprint density at radius 2 is 1.09 bits per heavy atom. The Morgan fingerprint density at radius 1 is 0.600 bits per heavy atom. The second kappa shape index (κ2) is 8.90. The van der Waals surface area contributed by atoms with E-state index in [0.717, 1.165) is 6.08 Å². The van der Waals surface area contributed by atoms with Crippen molar-refractivity contribution >= 4 is 45.3 Å². The molecule has 0 aliphatic heterocycles. The molecule has 0 radical (unpaired) electrons. The van der Waals surface area contributed by atoms with E-state index in [1.165, 1.54) is 12.1 Å². The van der Waals surface area contributed by atoms with Crippen molar-refractivity contribution in [3.8, 4) is 0 Å². The first-order chi connectivity index (χ1) is 16.7. The van der Waals surface area contributed by atoms with Crippen molar-refractivity contribution in [2.75, 3.05) is 0 Å². The molecule has 1 aliphatic rings. The average Bonchev–Trinajstić information content (AvgIpc) is 2.85. The lowest BCUT2D eigenvalue weighted by molar-refractivity contribution is -0.403. The number of carbonyl (C=O) groups is 2. The first-order valence-corrected chi connectivity index (χ1v) is 9.98. The molecule has 0 amide bonds. The molecule has 0 unspecified atom stereocenters. The van der Waals surface area contributed by atoms with E-state index in [-0.39, 0.29) is 16.7 Å². The van der Waals surface area contributed by atoms with Crippen molar-refractivity contribution in [2.45, 2.75) is 0 Å². The van der Waals surface area contributed by atoms with Crippen molar-refractivity contribution < 1.29 is 24.4 Å². The van der Waals surface area contributed by atoms with Gasteiger partial charge in [-0.1, -0.05) is 60.7 Å². The summed E-state index contributed by atoms with van der Waals surface area (Å²) >= 11 is 0. The van der Waals surface area contributed by atoms with Gasteiger partial charge in [0.1, 0.15) is 5.56 Å². The topological polar surface area (TPSA) is 164 Å². The highest BCUT2D eigenvalue weighted by Gasteiger charge is 2.40. The summed E-state index contributed by atoms with van der Waals surface area (Å²) in [4.78, 5) is 58.9. The normalized spacial score (nSPS) is 13.4. The van der Waals surface area contributed by atoms with Crippen molar-refractivity contribution in [1.82, 2.24) is 0 Å². The van der Waals surface area contributed by atoms with Gasteiger partial charge in [0, 0.05) is 11.1 Å². The lowest BCUT2D eigenvalue weighted by Crippen LogP contribution is -2.19. The summed E-state index contributed by atoms with van der Waals surface area (Å²) in [5.41, 5.74) is -3.98. The number of Topliss-reactive ketones (excluding diaryl/α,β-unsaturated/α-hetero) is 1. The lowest BCUT2D eigenvalue weighted by Gasteiger charge is -2.20. The number of ketones is 2. The van der Waals surface area contributed by atoms with E-state index >= 15 is 0 Å². The molecule has 0 spiro atoms. The summed E-state index contributed by atoms with van der Waals surface area (Å²) in [5, 5.41) is 35.0. The Bertz CT molecular complexity index is 1460. The minimum Gasteiger partial charge on any atom is -0.289 e. The van der Waals surface area contributed by atoms with Crippen LogP contribution in [0.1, 0.15) is 16.7 Å². The van der Waals surface area contributed by atoms with E-state index in [1.807, 2.05) is 0 Å². The molecule has 11 heteroatoms. The highest BCUT2D eigenvalue weighted by Crippen LogP contribution is 2.45. The van der Waals surface area contributed by atoms with Crippen LogP contribution in [-0.4, -0.2) is 26.3 Å². The summed E-state index contributed by atoms with van der Waals surface area (Å²) in [6.45, 7) is 0. The lowest BCUT2D eigenvalue weighted by atomic mass is 9.79. The predicted octanol–water partition coefficient (Wildman–Crippen LogP) is 4.56. The molecule has 0 saturated carbocycles. The number of hydrogen-bond donors (Lipinski definition) is 0. The zero-order valence-corrected chi connectivity index (χ0v) is 17.6. The molecule has 172 valence electrons. The van der Waals surface area contributed by atoms with Crippen LogP contribution < -0.4 is 0 Å². The summed E-state index contributed by atoms with van der Waals surface area (Å²) in [6.07, 6.45) is 0.967. The molecule has 35 heavy (non-hydrogen) atoms. The minimum absolute atomic E-state index is 0.00502. The fourth-order valence-electron chi connectivity index (χ4n) is 3.85. The number of benzene rings is 3. The molecular formula is C24H13N3O8. The number of allylic oxidation sites excluding steroid dienone is 4. The maximum atomic E-state index is 13.7. The van der Waals surface area contributed by atoms with E-state index in [0.29, 0.717) is 17.7 Å². The molecule has 0 saturated heterocycles. The smallest absolute Gasteiger partial charge is 0.289 e. The molecule has 3 aromatic carbocycles. The molecule has 0 heterocycles. The predicted molar refractivity (Wildman–Crippen MR) is 124 cm³/mol. The van der Waals surface area contributed by atoms with Gasteiger partial charge < -0.3 is 0 Å². The van der Waals surface area contributed by atoms with E-state index in [1.54, 1.807) is 48.5 Å².